The number of ether oxygens (including phenoxy) is 2. The van der Waals surface area contributed by atoms with Gasteiger partial charge in [0.15, 0.2) is 5.65 Å². The summed E-state index contributed by atoms with van der Waals surface area (Å²) in [7, 11) is 0. The zero-order valence-corrected chi connectivity index (χ0v) is 20.2. The molecule has 2 aromatic heterocycles. The lowest BCUT2D eigenvalue weighted by Gasteiger charge is -2.37. The molecule has 3 aliphatic heterocycles. The van der Waals surface area contributed by atoms with Crippen LogP contribution < -0.4 is 5.32 Å². The molecule has 9 nitrogen and oxygen atoms in total. The molecule has 0 radical (unpaired) electrons. The van der Waals surface area contributed by atoms with E-state index in [2.05, 4.69) is 34.3 Å². The second-order valence-corrected chi connectivity index (χ2v) is 9.46. The highest BCUT2D eigenvalue weighted by Crippen LogP contribution is 2.34. The highest BCUT2D eigenvalue weighted by molar-refractivity contribution is 5.79. The third-order valence-corrected chi connectivity index (χ3v) is 7.36. The maximum atomic E-state index is 13.2. The van der Waals surface area contributed by atoms with E-state index in [-0.39, 0.29) is 12.1 Å². The summed E-state index contributed by atoms with van der Waals surface area (Å²) in [5, 5.41) is 3.62. The van der Waals surface area contributed by atoms with Crippen LogP contribution in [0.3, 0.4) is 0 Å². The number of H-pyrrole nitrogens is 1. The minimum Gasteiger partial charge on any atom is -0.378 e. The van der Waals surface area contributed by atoms with Crippen LogP contribution in [0.25, 0.3) is 22.4 Å². The molecular weight excluding hydrogens is 444 g/mol. The van der Waals surface area contributed by atoms with Crippen LogP contribution in [0.2, 0.25) is 0 Å². The highest BCUT2D eigenvalue weighted by Gasteiger charge is 2.30. The van der Waals surface area contributed by atoms with Gasteiger partial charge in [0.2, 0.25) is 0 Å². The van der Waals surface area contributed by atoms with Gasteiger partial charge < -0.3 is 29.6 Å². The molecular formula is C26H32N6O3. The van der Waals surface area contributed by atoms with Gasteiger partial charge in [0, 0.05) is 44.5 Å². The van der Waals surface area contributed by atoms with Crippen LogP contribution in [0.15, 0.2) is 24.5 Å². The molecule has 0 aliphatic carbocycles. The van der Waals surface area contributed by atoms with Gasteiger partial charge in [-0.3, -0.25) is 0 Å². The van der Waals surface area contributed by atoms with Gasteiger partial charge in [-0.05, 0) is 47.2 Å². The maximum absolute atomic E-state index is 13.2. The Labute approximate surface area is 204 Å². The Hall–Kier alpha value is -3.01. The summed E-state index contributed by atoms with van der Waals surface area (Å²) < 4.78 is 11.3. The number of morpholine rings is 2. The third-order valence-electron chi connectivity index (χ3n) is 7.36. The molecule has 0 bridgehead atoms. The molecule has 3 aromatic rings. The number of rotatable bonds is 3. The van der Waals surface area contributed by atoms with Crippen LogP contribution in [-0.2, 0) is 28.9 Å². The third kappa shape index (κ3) is 4.28. The first-order chi connectivity index (χ1) is 17.2. The van der Waals surface area contributed by atoms with Crippen LogP contribution in [-0.4, -0.2) is 83.4 Å². The van der Waals surface area contributed by atoms with E-state index in [0.717, 1.165) is 48.4 Å². The zero-order valence-electron chi connectivity index (χ0n) is 20.2. The average Bonchev–Trinajstić information content (AvgIpc) is 3.35. The first-order valence-corrected chi connectivity index (χ1v) is 12.6. The molecule has 2 N–H and O–H groups in total. The Bertz CT molecular complexity index is 1230. The summed E-state index contributed by atoms with van der Waals surface area (Å²) in [6, 6.07) is 4.67. The van der Waals surface area contributed by atoms with Gasteiger partial charge in [-0.15, -0.1) is 0 Å². The molecule has 0 spiro atoms. The van der Waals surface area contributed by atoms with Crippen molar-refractivity contribution < 1.29 is 14.3 Å². The van der Waals surface area contributed by atoms with Crippen LogP contribution in [0.4, 0.5) is 4.79 Å². The quantitative estimate of drug-likeness (QED) is 0.604. The number of amides is 2. The summed E-state index contributed by atoms with van der Waals surface area (Å²) in [4.78, 5) is 30.0. The zero-order chi connectivity index (χ0) is 23.8. The molecule has 184 valence electrons. The number of hydrogen-bond donors (Lipinski definition) is 2. The molecule has 2 fully saturated rings. The number of aryl methyl sites for hydroxylation is 1. The van der Waals surface area contributed by atoms with Gasteiger partial charge in [0.25, 0.3) is 0 Å². The van der Waals surface area contributed by atoms with E-state index < -0.39 is 0 Å². The molecule has 5 heterocycles. The fourth-order valence-corrected chi connectivity index (χ4v) is 5.39. The van der Waals surface area contributed by atoms with Crippen molar-refractivity contribution in [1.82, 2.24) is 30.1 Å². The molecule has 6 rings (SSSR count). The van der Waals surface area contributed by atoms with E-state index in [1.165, 1.54) is 22.3 Å². The van der Waals surface area contributed by atoms with E-state index in [1.54, 1.807) is 0 Å². The van der Waals surface area contributed by atoms with Gasteiger partial charge in [-0.2, -0.15) is 0 Å². The molecule has 9 heteroatoms. The van der Waals surface area contributed by atoms with Gasteiger partial charge in [-0.25, -0.2) is 14.8 Å². The van der Waals surface area contributed by atoms with Crippen LogP contribution in [0, 0.1) is 0 Å². The second-order valence-electron chi connectivity index (χ2n) is 9.46. The van der Waals surface area contributed by atoms with Gasteiger partial charge >= 0.3 is 6.03 Å². The maximum Gasteiger partial charge on any atom is 0.320 e. The molecule has 0 saturated carbocycles. The first-order valence-electron chi connectivity index (χ1n) is 12.6. The van der Waals surface area contributed by atoms with Gasteiger partial charge in [0.1, 0.15) is 5.52 Å². The summed E-state index contributed by atoms with van der Waals surface area (Å²) in [6.07, 6.45) is 5.57. The summed E-state index contributed by atoms with van der Waals surface area (Å²) in [5.41, 5.74) is 8.58. The standard InChI is InChI=1S/C26H32N6O3/c1-2-17-13-28-25-24(17)30-22(14-29-25)19-11-18-3-5-32(26(33)31-6-9-34-10-7-31)15-21(18)20(12-19)23-16-35-8-4-27-23/h11-14,23,27H,2-10,15-16H2,1H3,(H,28,29). The number of carbonyl (C=O) groups excluding carboxylic acids is 1. The summed E-state index contributed by atoms with van der Waals surface area (Å²) >= 11 is 0. The molecule has 3 aliphatic rings. The Morgan fingerprint density at radius 1 is 1.14 bits per heavy atom. The topological polar surface area (TPSA) is 95.6 Å². The lowest BCUT2D eigenvalue weighted by molar-refractivity contribution is 0.0420. The largest absolute Gasteiger partial charge is 0.378 e. The predicted molar refractivity (Wildman–Crippen MR) is 132 cm³/mol. The number of fused-ring (bicyclic) bond motifs is 2. The average molecular weight is 477 g/mol. The van der Waals surface area contributed by atoms with Crippen molar-refractivity contribution in [3.05, 3.63) is 46.8 Å². The van der Waals surface area contributed by atoms with Crippen LogP contribution in [0.1, 0.15) is 35.2 Å². The lowest BCUT2D eigenvalue weighted by Crippen LogP contribution is -2.49. The van der Waals surface area contributed by atoms with E-state index in [0.29, 0.717) is 46.0 Å². The fourth-order valence-electron chi connectivity index (χ4n) is 5.39. The molecule has 1 aromatic carbocycles. The van der Waals surface area contributed by atoms with Crippen molar-refractivity contribution in [2.24, 2.45) is 0 Å². The molecule has 1 atom stereocenters. The Morgan fingerprint density at radius 2 is 2.03 bits per heavy atom. The number of benzene rings is 1. The minimum atomic E-state index is 0.0889. The van der Waals surface area contributed by atoms with Crippen molar-refractivity contribution >= 4 is 17.2 Å². The lowest BCUT2D eigenvalue weighted by atomic mass is 9.88. The number of carbonyl (C=O) groups is 1. The number of urea groups is 1. The smallest absolute Gasteiger partial charge is 0.320 e. The SMILES string of the molecule is CCc1c[nH]c2ncc(-c3cc4c(c(C5COCCN5)c3)CN(C(=O)N3CCOCC3)CC4)nc12. The Balaban J connectivity index is 1.37. The summed E-state index contributed by atoms with van der Waals surface area (Å²) in [6.45, 7) is 8.15. The van der Waals surface area contributed by atoms with Crippen molar-refractivity contribution in [2.45, 2.75) is 32.4 Å². The van der Waals surface area contributed by atoms with Crippen LogP contribution in [0.5, 0.6) is 0 Å². The number of nitrogens with zero attached hydrogens (tertiary/aromatic N) is 4. The number of aromatic amines is 1. The van der Waals surface area contributed by atoms with E-state index in [1.807, 2.05) is 22.2 Å². The minimum absolute atomic E-state index is 0.0889. The Morgan fingerprint density at radius 3 is 2.83 bits per heavy atom. The highest BCUT2D eigenvalue weighted by atomic mass is 16.5. The van der Waals surface area contributed by atoms with Crippen molar-refractivity contribution in [2.75, 3.05) is 52.6 Å². The van der Waals surface area contributed by atoms with E-state index in [9.17, 15) is 4.79 Å². The molecule has 2 saturated heterocycles. The van der Waals surface area contributed by atoms with Crippen molar-refractivity contribution in [3.8, 4) is 11.3 Å². The monoisotopic (exact) mass is 476 g/mol. The summed E-state index contributed by atoms with van der Waals surface area (Å²) in [5.74, 6) is 0. The number of hydrogen-bond acceptors (Lipinski definition) is 6. The predicted octanol–water partition coefficient (Wildman–Crippen LogP) is 2.66. The van der Waals surface area contributed by atoms with Crippen molar-refractivity contribution in [3.63, 3.8) is 0 Å². The Kier molecular flexibility index (Phi) is 6.13. The van der Waals surface area contributed by atoms with E-state index >= 15 is 0 Å². The number of nitrogens with one attached hydrogen (secondary N) is 2. The molecule has 2 amide bonds. The second kappa shape index (κ2) is 9.56. The van der Waals surface area contributed by atoms with E-state index in [4.69, 9.17) is 14.5 Å². The van der Waals surface area contributed by atoms with Crippen molar-refractivity contribution in [1.29, 1.82) is 0 Å². The van der Waals surface area contributed by atoms with Gasteiger partial charge in [0.05, 0.1) is 44.4 Å². The molecule has 1 unspecified atom stereocenters. The number of aromatic nitrogens is 3. The van der Waals surface area contributed by atoms with Gasteiger partial charge in [-0.1, -0.05) is 6.92 Å². The fraction of sp³-hybridized carbons (Fsp3) is 0.500. The first kappa shape index (κ1) is 22.5. The van der Waals surface area contributed by atoms with Crippen LogP contribution >= 0.6 is 0 Å². The molecule has 35 heavy (non-hydrogen) atoms. The normalized spacial score (nSPS) is 20.8.